The third-order valence-corrected chi connectivity index (χ3v) is 5.05. The van der Waals surface area contributed by atoms with Crippen LogP contribution in [0.5, 0.6) is 0 Å². The Labute approximate surface area is 131 Å². The lowest BCUT2D eigenvalue weighted by Crippen LogP contribution is -2.28. The second-order valence-electron chi connectivity index (χ2n) is 7.27. The van der Waals surface area contributed by atoms with Gasteiger partial charge in [0.2, 0.25) is 0 Å². The predicted molar refractivity (Wildman–Crippen MR) is 86.0 cm³/mol. The van der Waals surface area contributed by atoms with Crippen LogP contribution < -0.4 is 5.32 Å². The van der Waals surface area contributed by atoms with Crippen LogP contribution in [0.2, 0.25) is 5.02 Å². The Bertz CT molecular complexity index is 550. The Balaban J connectivity index is 1.93. The highest BCUT2D eigenvalue weighted by Gasteiger charge is 2.34. The summed E-state index contributed by atoms with van der Waals surface area (Å²) in [6.07, 6.45) is 7.76. The third-order valence-electron chi connectivity index (χ3n) is 4.77. The first kappa shape index (κ1) is 14.8. The van der Waals surface area contributed by atoms with Gasteiger partial charge < -0.3 is 10.1 Å². The SMILES string of the molecule is CC1(C)Cc2nc(NC3CCCC3)c(Cl)cc2C(C=O)C1. The van der Waals surface area contributed by atoms with Crippen molar-refractivity contribution in [2.75, 3.05) is 5.32 Å². The number of fused-ring (bicyclic) bond motifs is 1. The molecule has 2 aliphatic carbocycles. The zero-order chi connectivity index (χ0) is 15.0. The molecular formula is C17H23ClN2O. The van der Waals surface area contributed by atoms with E-state index in [0.29, 0.717) is 11.1 Å². The minimum absolute atomic E-state index is 0.0747. The van der Waals surface area contributed by atoms with Crippen LogP contribution in [0, 0.1) is 5.41 Å². The van der Waals surface area contributed by atoms with E-state index in [1.807, 2.05) is 6.07 Å². The maximum absolute atomic E-state index is 11.4. The van der Waals surface area contributed by atoms with E-state index in [2.05, 4.69) is 19.2 Å². The average molecular weight is 307 g/mol. The molecule has 0 spiro atoms. The zero-order valence-electron chi connectivity index (χ0n) is 12.8. The summed E-state index contributed by atoms with van der Waals surface area (Å²) in [6, 6.07) is 2.45. The van der Waals surface area contributed by atoms with E-state index in [4.69, 9.17) is 16.6 Å². The van der Waals surface area contributed by atoms with Gasteiger partial charge in [-0.05, 0) is 42.7 Å². The lowest BCUT2D eigenvalue weighted by molar-refractivity contribution is -0.109. The maximum Gasteiger partial charge on any atom is 0.145 e. The molecule has 1 aromatic heterocycles. The number of carbonyl (C=O) groups excluding carboxylic acids is 1. The van der Waals surface area contributed by atoms with E-state index in [-0.39, 0.29) is 11.3 Å². The average Bonchev–Trinajstić information content (AvgIpc) is 2.92. The van der Waals surface area contributed by atoms with Crippen LogP contribution >= 0.6 is 11.6 Å². The number of carbonyl (C=O) groups is 1. The summed E-state index contributed by atoms with van der Waals surface area (Å²) in [5, 5.41) is 4.13. The van der Waals surface area contributed by atoms with Crippen LogP contribution in [0.3, 0.4) is 0 Å². The number of hydrogen-bond acceptors (Lipinski definition) is 3. The van der Waals surface area contributed by atoms with E-state index in [0.717, 1.165) is 36.2 Å². The van der Waals surface area contributed by atoms with Gasteiger partial charge in [-0.25, -0.2) is 4.98 Å². The van der Waals surface area contributed by atoms with E-state index in [1.54, 1.807) is 0 Å². The summed E-state index contributed by atoms with van der Waals surface area (Å²) in [4.78, 5) is 16.2. The fourth-order valence-electron chi connectivity index (χ4n) is 3.72. The van der Waals surface area contributed by atoms with Crippen LogP contribution in [0.25, 0.3) is 0 Å². The number of nitrogens with one attached hydrogen (secondary N) is 1. The first-order valence-electron chi connectivity index (χ1n) is 7.90. The lowest BCUT2D eigenvalue weighted by Gasteiger charge is -2.34. The van der Waals surface area contributed by atoms with Crippen molar-refractivity contribution in [2.45, 2.75) is 64.3 Å². The van der Waals surface area contributed by atoms with Crippen molar-refractivity contribution in [3.63, 3.8) is 0 Å². The summed E-state index contributed by atoms with van der Waals surface area (Å²) >= 11 is 6.39. The zero-order valence-corrected chi connectivity index (χ0v) is 13.5. The largest absolute Gasteiger partial charge is 0.366 e. The molecule has 1 unspecified atom stereocenters. The summed E-state index contributed by atoms with van der Waals surface area (Å²) < 4.78 is 0. The molecule has 0 amide bonds. The standard InChI is InChI=1S/C17H23ClN2O/c1-17(2)8-11(10-21)13-7-14(18)16(20-15(13)9-17)19-12-5-3-4-6-12/h7,10-12H,3-6,8-9H2,1-2H3,(H,19,20). The maximum atomic E-state index is 11.4. The van der Waals surface area contributed by atoms with Crippen molar-refractivity contribution < 1.29 is 4.79 Å². The first-order chi connectivity index (χ1) is 9.98. The smallest absolute Gasteiger partial charge is 0.145 e. The van der Waals surface area contributed by atoms with Gasteiger partial charge in [0, 0.05) is 17.7 Å². The quantitative estimate of drug-likeness (QED) is 0.844. The monoisotopic (exact) mass is 306 g/mol. The van der Waals surface area contributed by atoms with Crippen LogP contribution in [-0.4, -0.2) is 17.3 Å². The molecule has 2 aliphatic rings. The molecular weight excluding hydrogens is 284 g/mol. The van der Waals surface area contributed by atoms with Gasteiger partial charge in [0.15, 0.2) is 0 Å². The number of aldehydes is 1. The van der Waals surface area contributed by atoms with E-state index < -0.39 is 0 Å². The number of nitrogens with zero attached hydrogens (tertiary/aromatic N) is 1. The summed E-state index contributed by atoms with van der Waals surface area (Å²) in [5.74, 6) is 0.721. The Hall–Kier alpha value is -1.09. The molecule has 1 aromatic rings. The fraction of sp³-hybridized carbons (Fsp3) is 0.647. The Morgan fingerprint density at radius 1 is 1.38 bits per heavy atom. The first-order valence-corrected chi connectivity index (χ1v) is 8.27. The van der Waals surface area contributed by atoms with Gasteiger partial charge in [0.1, 0.15) is 12.1 Å². The Kier molecular flexibility index (Phi) is 3.96. The molecule has 1 atom stereocenters. The predicted octanol–water partition coefficient (Wildman–Crippen LogP) is 4.34. The van der Waals surface area contributed by atoms with Gasteiger partial charge in [0.05, 0.1) is 5.02 Å². The molecule has 114 valence electrons. The number of anilines is 1. The van der Waals surface area contributed by atoms with Gasteiger partial charge in [-0.2, -0.15) is 0 Å². The number of halogens is 1. The minimum Gasteiger partial charge on any atom is -0.366 e. The van der Waals surface area contributed by atoms with Crippen molar-refractivity contribution in [3.8, 4) is 0 Å². The molecule has 0 radical (unpaired) electrons. The minimum atomic E-state index is -0.0747. The second kappa shape index (κ2) is 5.60. The van der Waals surface area contributed by atoms with Crippen LogP contribution in [-0.2, 0) is 11.2 Å². The van der Waals surface area contributed by atoms with Gasteiger partial charge in [-0.15, -0.1) is 0 Å². The van der Waals surface area contributed by atoms with Crippen molar-refractivity contribution in [1.29, 1.82) is 0 Å². The van der Waals surface area contributed by atoms with Crippen molar-refractivity contribution in [3.05, 3.63) is 22.3 Å². The summed E-state index contributed by atoms with van der Waals surface area (Å²) in [7, 11) is 0. The van der Waals surface area contributed by atoms with E-state index >= 15 is 0 Å². The molecule has 0 bridgehead atoms. The highest BCUT2D eigenvalue weighted by Crippen LogP contribution is 2.42. The third kappa shape index (κ3) is 3.08. The molecule has 4 heteroatoms. The molecule has 0 aromatic carbocycles. The van der Waals surface area contributed by atoms with Gasteiger partial charge in [-0.1, -0.05) is 38.3 Å². The van der Waals surface area contributed by atoms with Gasteiger partial charge >= 0.3 is 0 Å². The number of hydrogen-bond donors (Lipinski definition) is 1. The van der Waals surface area contributed by atoms with Crippen LogP contribution in [0.4, 0.5) is 5.82 Å². The highest BCUT2D eigenvalue weighted by atomic mass is 35.5. The second-order valence-corrected chi connectivity index (χ2v) is 7.68. The molecule has 1 N–H and O–H groups in total. The lowest BCUT2D eigenvalue weighted by atomic mass is 9.71. The van der Waals surface area contributed by atoms with E-state index in [1.165, 1.54) is 25.7 Å². The van der Waals surface area contributed by atoms with Crippen molar-refractivity contribution in [2.24, 2.45) is 5.41 Å². The number of rotatable bonds is 3. The molecule has 0 aliphatic heterocycles. The topological polar surface area (TPSA) is 42.0 Å². The molecule has 0 saturated heterocycles. The molecule has 3 rings (SSSR count). The molecule has 3 nitrogen and oxygen atoms in total. The van der Waals surface area contributed by atoms with Crippen molar-refractivity contribution in [1.82, 2.24) is 4.98 Å². The summed E-state index contributed by atoms with van der Waals surface area (Å²) in [6.45, 7) is 4.40. The Morgan fingerprint density at radius 2 is 2.10 bits per heavy atom. The Morgan fingerprint density at radius 3 is 2.76 bits per heavy atom. The molecule has 1 heterocycles. The van der Waals surface area contributed by atoms with Crippen LogP contribution in [0.1, 0.15) is 63.1 Å². The molecule has 21 heavy (non-hydrogen) atoms. The van der Waals surface area contributed by atoms with Crippen molar-refractivity contribution >= 4 is 23.7 Å². The van der Waals surface area contributed by atoms with Gasteiger partial charge in [-0.3, -0.25) is 0 Å². The summed E-state index contributed by atoms with van der Waals surface area (Å²) in [5.41, 5.74) is 2.17. The highest BCUT2D eigenvalue weighted by molar-refractivity contribution is 6.33. The normalized spacial score (nSPS) is 24.6. The van der Waals surface area contributed by atoms with Crippen LogP contribution in [0.15, 0.2) is 6.07 Å². The van der Waals surface area contributed by atoms with Gasteiger partial charge in [0.25, 0.3) is 0 Å². The molecule has 1 saturated carbocycles. The number of aromatic nitrogens is 1. The van der Waals surface area contributed by atoms with E-state index in [9.17, 15) is 4.79 Å². The number of pyridine rings is 1. The fourth-order valence-corrected chi connectivity index (χ4v) is 3.93. The molecule has 1 fully saturated rings.